The van der Waals surface area contributed by atoms with E-state index in [-0.39, 0.29) is 23.7 Å². The highest BCUT2D eigenvalue weighted by molar-refractivity contribution is 5.85. The molecule has 2 aromatic heterocycles. The SMILES string of the molecule is CCc1nc2c(c(=O)n(C)c(=O)n2C)n1N(CC)CC.Cl. The van der Waals surface area contributed by atoms with Crippen LogP contribution in [0.2, 0.25) is 0 Å². The molecule has 8 heteroatoms. The first-order valence-corrected chi connectivity index (χ1v) is 6.90. The van der Waals surface area contributed by atoms with Gasteiger partial charge in [0.2, 0.25) is 0 Å². The molecule has 21 heavy (non-hydrogen) atoms. The van der Waals surface area contributed by atoms with E-state index in [1.165, 1.54) is 11.6 Å². The highest BCUT2D eigenvalue weighted by atomic mass is 35.5. The van der Waals surface area contributed by atoms with Crippen molar-refractivity contribution in [1.29, 1.82) is 0 Å². The van der Waals surface area contributed by atoms with Crippen LogP contribution in [-0.4, -0.2) is 31.9 Å². The monoisotopic (exact) mass is 315 g/mol. The lowest BCUT2D eigenvalue weighted by Crippen LogP contribution is -2.41. The maximum absolute atomic E-state index is 12.4. The Morgan fingerprint density at radius 3 is 2.10 bits per heavy atom. The van der Waals surface area contributed by atoms with E-state index in [2.05, 4.69) is 4.98 Å². The van der Waals surface area contributed by atoms with Crippen LogP contribution in [-0.2, 0) is 20.5 Å². The lowest BCUT2D eigenvalue weighted by Gasteiger charge is -2.24. The molecule has 0 unspecified atom stereocenters. The predicted molar refractivity (Wildman–Crippen MR) is 86.1 cm³/mol. The normalized spacial score (nSPS) is 10.7. The quantitative estimate of drug-likeness (QED) is 0.819. The summed E-state index contributed by atoms with van der Waals surface area (Å²) >= 11 is 0. The number of nitrogens with zero attached hydrogens (tertiary/aromatic N) is 5. The van der Waals surface area contributed by atoms with Crippen LogP contribution in [0.4, 0.5) is 0 Å². The molecule has 0 aliphatic rings. The maximum atomic E-state index is 12.4. The van der Waals surface area contributed by atoms with Gasteiger partial charge in [-0.2, -0.15) is 0 Å². The number of rotatable bonds is 4. The summed E-state index contributed by atoms with van der Waals surface area (Å²) in [4.78, 5) is 28.9. The number of fused-ring (bicyclic) bond motifs is 1. The van der Waals surface area contributed by atoms with Gasteiger partial charge in [-0.3, -0.25) is 13.9 Å². The summed E-state index contributed by atoms with van der Waals surface area (Å²) in [5.74, 6) is 0.794. The fraction of sp³-hybridized carbons (Fsp3) is 0.615. The Balaban J connectivity index is 0.00000220. The predicted octanol–water partition coefficient (Wildman–Crippen LogP) is 0.396. The average Bonchev–Trinajstić information content (AvgIpc) is 2.84. The third-order valence-corrected chi connectivity index (χ3v) is 3.63. The van der Waals surface area contributed by atoms with Gasteiger partial charge in [0.25, 0.3) is 5.56 Å². The van der Waals surface area contributed by atoms with Gasteiger partial charge in [0.15, 0.2) is 11.2 Å². The fourth-order valence-corrected chi connectivity index (χ4v) is 2.47. The van der Waals surface area contributed by atoms with Crippen molar-refractivity contribution in [3.63, 3.8) is 0 Å². The molecule has 7 nitrogen and oxygen atoms in total. The van der Waals surface area contributed by atoms with Crippen LogP contribution in [0.15, 0.2) is 9.59 Å². The summed E-state index contributed by atoms with van der Waals surface area (Å²) in [6, 6.07) is 0. The zero-order valence-electron chi connectivity index (χ0n) is 13.1. The molecule has 0 saturated carbocycles. The molecule has 2 rings (SSSR count). The summed E-state index contributed by atoms with van der Waals surface area (Å²) in [6.45, 7) is 7.58. The standard InChI is InChI=1S/C13H21N5O2.ClH/c1-6-9-14-11-10(18(9)17(7-2)8-3)12(19)16(5)13(20)15(11)4;/h6-8H2,1-5H3;1H. The molecule has 0 aromatic carbocycles. The van der Waals surface area contributed by atoms with Gasteiger partial charge in [0.05, 0.1) is 0 Å². The molecule has 2 aromatic rings. The van der Waals surface area contributed by atoms with E-state index in [1.54, 1.807) is 7.05 Å². The van der Waals surface area contributed by atoms with Crippen molar-refractivity contribution in [1.82, 2.24) is 18.8 Å². The number of aryl methyl sites for hydroxylation is 2. The van der Waals surface area contributed by atoms with Crippen molar-refractivity contribution in [2.75, 3.05) is 18.1 Å². The first-order valence-electron chi connectivity index (χ1n) is 6.90. The van der Waals surface area contributed by atoms with E-state index in [0.29, 0.717) is 17.6 Å². The minimum atomic E-state index is -0.352. The van der Waals surface area contributed by atoms with E-state index < -0.39 is 0 Å². The lowest BCUT2D eigenvalue weighted by atomic mass is 10.4. The van der Waals surface area contributed by atoms with Gasteiger partial charge in [-0.15, -0.1) is 12.4 Å². The lowest BCUT2D eigenvalue weighted by molar-refractivity contribution is 0.602. The molecular formula is C13H22ClN5O2. The van der Waals surface area contributed by atoms with Crippen molar-refractivity contribution < 1.29 is 0 Å². The highest BCUT2D eigenvalue weighted by Crippen LogP contribution is 2.12. The Morgan fingerprint density at radius 1 is 1.05 bits per heavy atom. The summed E-state index contributed by atoms with van der Waals surface area (Å²) in [6.07, 6.45) is 0.697. The molecule has 0 spiro atoms. The summed E-state index contributed by atoms with van der Waals surface area (Å²) < 4.78 is 4.41. The Morgan fingerprint density at radius 2 is 1.62 bits per heavy atom. The summed E-state index contributed by atoms with van der Waals surface area (Å²) in [7, 11) is 3.14. The fourth-order valence-electron chi connectivity index (χ4n) is 2.47. The second kappa shape index (κ2) is 6.34. The van der Waals surface area contributed by atoms with E-state index in [4.69, 9.17) is 0 Å². The van der Waals surface area contributed by atoms with Crippen LogP contribution in [0, 0.1) is 0 Å². The van der Waals surface area contributed by atoms with Crippen LogP contribution >= 0.6 is 12.4 Å². The molecule has 2 heterocycles. The number of hydrogen-bond acceptors (Lipinski definition) is 4. The number of imidazole rings is 1. The average molecular weight is 316 g/mol. The molecule has 0 aliphatic heterocycles. The van der Waals surface area contributed by atoms with Gasteiger partial charge in [0.1, 0.15) is 5.82 Å². The number of aromatic nitrogens is 4. The van der Waals surface area contributed by atoms with Gasteiger partial charge < -0.3 is 5.01 Å². The summed E-state index contributed by atoms with van der Waals surface area (Å²) in [5, 5.41) is 2.04. The topological polar surface area (TPSA) is 65.1 Å². The molecular weight excluding hydrogens is 294 g/mol. The van der Waals surface area contributed by atoms with Gasteiger partial charge in [-0.05, 0) is 13.8 Å². The van der Waals surface area contributed by atoms with Crippen LogP contribution < -0.4 is 16.3 Å². The van der Waals surface area contributed by atoms with Crippen LogP contribution in [0.1, 0.15) is 26.6 Å². The Labute approximate surface area is 129 Å². The van der Waals surface area contributed by atoms with Crippen molar-refractivity contribution >= 4 is 23.6 Å². The molecule has 0 bridgehead atoms. The third kappa shape index (κ3) is 2.46. The van der Waals surface area contributed by atoms with E-state index in [0.717, 1.165) is 23.5 Å². The number of halogens is 1. The first kappa shape index (κ1) is 17.3. The van der Waals surface area contributed by atoms with Crippen molar-refractivity contribution in [2.45, 2.75) is 27.2 Å². The molecule has 0 atom stereocenters. The maximum Gasteiger partial charge on any atom is 0.332 e. The van der Waals surface area contributed by atoms with E-state index in [1.807, 2.05) is 30.5 Å². The molecule has 118 valence electrons. The zero-order valence-corrected chi connectivity index (χ0v) is 13.9. The van der Waals surface area contributed by atoms with Crippen LogP contribution in [0.25, 0.3) is 11.2 Å². The second-order valence-electron chi connectivity index (χ2n) is 4.71. The largest absolute Gasteiger partial charge is 0.332 e. The third-order valence-electron chi connectivity index (χ3n) is 3.63. The minimum Gasteiger partial charge on any atom is -0.311 e. The van der Waals surface area contributed by atoms with Crippen molar-refractivity contribution in [3.05, 3.63) is 26.7 Å². The second-order valence-corrected chi connectivity index (χ2v) is 4.71. The van der Waals surface area contributed by atoms with Gasteiger partial charge in [0, 0.05) is 33.6 Å². The van der Waals surface area contributed by atoms with Gasteiger partial charge in [-0.25, -0.2) is 14.5 Å². The first-order chi connectivity index (χ1) is 9.47. The van der Waals surface area contributed by atoms with Crippen molar-refractivity contribution in [3.8, 4) is 0 Å². The van der Waals surface area contributed by atoms with Crippen LogP contribution in [0.5, 0.6) is 0 Å². The molecule has 0 amide bonds. The Hall–Kier alpha value is -1.76. The summed E-state index contributed by atoms with van der Waals surface area (Å²) in [5.41, 5.74) is 0.258. The molecule has 0 fully saturated rings. The van der Waals surface area contributed by atoms with E-state index in [9.17, 15) is 9.59 Å². The van der Waals surface area contributed by atoms with Crippen LogP contribution in [0.3, 0.4) is 0 Å². The molecule has 0 radical (unpaired) electrons. The Kier molecular flexibility index (Phi) is 5.22. The minimum absolute atomic E-state index is 0. The van der Waals surface area contributed by atoms with Gasteiger partial charge >= 0.3 is 5.69 Å². The number of hydrogen-bond donors (Lipinski definition) is 0. The highest BCUT2D eigenvalue weighted by Gasteiger charge is 2.20. The smallest absolute Gasteiger partial charge is 0.311 e. The zero-order chi connectivity index (χ0) is 15.0. The Bertz CT molecular complexity index is 754. The molecule has 0 aliphatic carbocycles. The van der Waals surface area contributed by atoms with E-state index >= 15 is 0 Å². The van der Waals surface area contributed by atoms with Crippen molar-refractivity contribution in [2.24, 2.45) is 14.1 Å². The molecule has 0 N–H and O–H groups in total. The van der Waals surface area contributed by atoms with Gasteiger partial charge in [-0.1, -0.05) is 6.92 Å². The molecule has 0 saturated heterocycles.